The number of hydrogen-bond donors (Lipinski definition) is 1. The van der Waals surface area contributed by atoms with E-state index in [4.69, 9.17) is 9.47 Å². The molecule has 1 N–H and O–H groups in total. The molecule has 2 heterocycles. The van der Waals surface area contributed by atoms with Crippen molar-refractivity contribution in [2.24, 2.45) is 5.92 Å². The molecular weight excluding hydrogens is 645 g/mol. The number of nitrogens with one attached hydrogen (secondary N) is 1. The van der Waals surface area contributed by atoms with E-state index >= 15 is 0 Å². The lowest BCUT2D eigenvalue weighted by molar-refractivity contribution is -0.112. The average molecular weight is 697 g/mol. The summed E-state index contributed by atoms with van der Waals surface area (Å²) in [6, 6.07) is 22.0. The Morgan fingerprint density at radius 1 is 0.980 bits per heavy atom. The minimum atomic E-state index is -1.24. The molecular formula is C41H52N4O4S. The van der Waals surface area contributed by atoms with Crippen molar-refractivity contribution in [3.8, 4) is 16.9 Å². The van der Waals surface area contributed by atoms with Gasteiger partial charge in [0.25, 0.3) is 5.91 Å². The van der Waals surface area contributed by atoms with E-state index in [0.717, 1.165) is 91.4 Å². The van der Waals surface area contributed by atoms with E-state index < -0.39 is 11.2 Å². The van der Waals surface area contributed by atoms with Crippen molar-refractivity contribution in [2.45, 2.75) is 77.0 Å². The molecule has 5 rings (SSSR count). The maximum absolute atomic E-state index is 13.7. The van der Waals surface area contributed by atoms with E-state index in [0.29, 0.717) is 41.9 Å². The van der Waals surface area contributed by atoms with Crippen molar-refractivity contribution in [2.75, 3.05) is 43.1 Å². The van der Waals surface area contributed by atoms with Gasteiger partial charge in [0, 0.05) is 55.6 Å². The molecule has 50 heavy (non-hydrogen) atoms. The van der Waals surface area contributed by atoms with Crippen LogP contribution in [-0.2, 0) is 33.0 Å². The summed E-state index contributed by atoms with van der Waals surface area (Å²) >= 11 is -1.24. The molecule has 1 unspecified atom stereocenters. The van der Waals surface area contributed by atoms with Gasteiger partial charge < -0.3 is 28.8 Å². The Balaban J connectivity index is 1.30. The summed E-state index contributed by atoms with van der Waals surface area (Å²) in [5.74, 6) is 2.38. The molecule has 0 saturated heterocycles. The smallest absolute Gasteiger partial charge is 0.251 e. The Kier molecular flexibility index (Phi) is 14.0. The summed E-state index contributed by atoms with van der Waals surface area (Å²) in [7, 11) is 0. The molecule has 0 bridgehead atoms. The topological polar surface area (TPSA) is 91.7 Å². The fourth-order valence-corrected chi connectivity index (χ4v) is 7.21. The number of carbonyl (C=O) groups excluding carboxylic acids is 1. The molecule has 4 aromatic rings. The molecule has 0 fully saturated rings. The minimum absolute atomic E-state index is 0.116. The van der Waals surface area contributed by atoms with Crippen LogP contribution in [0.4, 0.5) is 11.4 Å². The van der Waals surface area contributed by atoms with Crippen molar-refractivity contribution in [3.05, 3.63) is 96.1 Å². The third kappa shape index (κ3) is 10.5. The van der Waals surface area contributed by atoms with Crippen LogP contribution in [0, 0.1) is 5.92 Å². The molecule has 9 heteroatoms. The van der Waals surface area contributed by atoms with Crippen molar-refractivity contribution in [1.29, 1.82) is 0 Å². The first-order valence-corrected chi connectivity index (χ1v) is 19.4. The zero-order valence-electron chi connectivity index (χ0n) is 30.0. The van der Waals surface area contributed by atoms with E-state index in [9.17, 15) is 9.35 Å². The van der Waals surface area contributed by atoms with Crippen LogP contribution in [0.15, 0.2) is 89.6 Å². The standard InChI is InChI=1S/C41H52N4O4S/c1-5-7-24-48-25-26-49-37-15-10-32(11-16-37)33-12-19-39-35(27-33)28-34(9-8-22-45(39)29-31(3)4)41(46)43-36-13-17-38(18-14-36)50(47)30-40-42-20-23-44(40)21-6-2/h10-20,23,27-28,31H,5-9,21-22,24-26,29-30H2,1-4H3,(H,43,46). The fourth-order valence-electron chi connectivity index (χ4n) is 6.13. The van der Waals surface area contributed by atoms with Crippen LogP contribution in [0.3, 0.4) is 0 Å². The average Bonchev–Trinajstić information content (AvgIpc) is 3.54. The summed E-state index contributed by atoms with van der Waals surface area (Å²) in [5, 5.41) is 3.10. The highest BCUT2D eigenvalue weighted by Gasteiger charge is 2.20. The van der Waals surface area contributed by atoms with Crippen LogP contribution in [0.2, 0.25) is 0 Å². The maximum atomic E-state index is 13.7. The zero-order valence-corrected chi connectivity index (χ0v) is 30.8. The summed E-state index contributed by atoms with van der Waals surface area (Å²) in [6.45, 7) is 13.3. The lowest BCUT2D eigenvalue weighted by Gasteiger charge is -2.30. The van der Waals surface area contributed by atoms with Crippen molar-refractivity contribution in [1.82, 2.24) is 9.55 Å². The number of ether oxygens (including phenoxy) is 2. The van der Waals surface area contributed by atoms with E-state index in [2.05, 4.69) is 83.9 Å². The van der Waals surface area contributed by atoms with Gasteiger partial charge in [0.1, 0.15) is 12.4 Å². The first-order chi connectivity index (χ1) is 24.3. The number of amides is 1. The highest BCUT2D eigenvalue weighted by atomic mass is 32.2. The molecule has 3 aromatic carbocycles. The summed E-state index contributed by atoms with van der Waals surface area (Å²) < 4.78 is 26.7. The number of carbonyl (C=O) groups is 1. The van der Waals surface area contributed by atoms with E-state index in [1.807, 2.05) is 42.6 Å². The Morgan fingerprint density at radius 3 is 2.50 bits per heavy atom. The number of hydrogen-bond acceptors (Lipinski definition) is 6. The second-order valence-corrected chi connectivity index (χ2v) is 14.7. The molecule has 8 nitrogen and oxygen atoms in total. The van der Waals surface area contributed by atoms with Crippen molar-refractivity contribution >= 4 is 34.5 Å². The van der Waals surface area contributed by atoms with Crippen LogP contribution in [0.5, 0.6) is 5.75 Å². The van der Waals surface area contributed by atoms with Gasteiger partial charge in [0.2, 0.25) is 0 Å². The maximum Gasteiger partial charge on any atom is 0.251 e. The Hall–Kier alpha value is -4.05. The molecule has 0 saturated carbocycles. The minimum Gasteiger partial charge on any atom is -0.611 e. The van der Waals surface area contributed by atoms with Crippen LogP contribution in [0.25, 0.3) is 17.2 Å². The number of rotatable bonds is 17. The predicted molar refractivity (Wildman–Crippen MR) is 205 cm³/mol. The lowest BCUT2D eigenvalue weighted by Crippen LogP contribution is -2.30. The van der Waals surface area contributed by atoms with Crippen molar-refractivity contribution < 1.29 is 18.8 Å². The van der Waals surface area contributed by atoms with Gasteiger partial charge in [-0.25, -0.2) is 4.98 Å². The quantitative estimate of drug-likeness (QED) is 0.0877. The zero-order chi connectivity index (χ0) is 35.3. The predicted octanol–water partition coefficient (Wildman–Crippen LogP) is 8.74. The number of fused-ring (bicyclic) bond motifs is 1. The highest BCUT2D eigenvalue weighted by Crippen LogP contribution is 2.33. The van der Waals surface area contributed by atoms with Gasteiger partial charge in [-0.1, -0.05) is 52.3 Å². The number of aryl methyl sites for hydroxylation is 1. The van der Waals surface area contributed by atoms with Gasteiger partial charge in [-0.15, -0.1) is 0 Å². The normalized spacial score (nSPS) is 13.7. The Morgan fingerprint density at radius 2 is 1.76 bits per heavy atom. The number of imidazole rings is 1. The molecule has 0 spiro atoms. The number of aromatic nitrogens is 2. The third-order valence-electron chi connectivity index (χ3n) is 8.68. The monoisotopic (exact) mass is 696 g/mol. The SMILES string of the molecule is CCCCOCCOc1ccc(-c2ccc3c(c2)C=C(C(=O)Nc2ccc([S+]([O-])Cc4nccn4CCC)cc2)CCCN3CC(C)C)cc1. The highest BCUT2D eigenvalue weighted by molar-refractivity contribution is 7.90. The van der Waals surface area contributed by atoms with Gasteiger partial charge >= 0.3 is 0 Å². The molecule has 0 radical (unpaired) electrons. The molecule has 1 aromatic heterocycles. The molecule has 266 valence electrons. The lowest BCUT2D eigenvalue weighted by atomic mass is 9.96. The number of nitrogens with zero attached hydrogens (tertiary/aromatic N) is 3. The van der Waals surface area contributed by atoms with Gasteiger partial charge in [-0.2, -0.15) is 0 Å². The van der Waals surface area contributed by atoms with Gasteiger partial charge in [-0.05, 0) is 114 Å². The van der Waals surface area contributed by atoms with Gasteiger partial charge in [0.15, 0.2) is 16.5 Å². The summed E-state index contributed by atoms with van der Waals surface area (Å²) in [6.07, 6.45) is 10.5. The first-order valence-electron chi connectivity index (χ1n) is 18.0. The molecule has 0 aliphatic carbocycles. The molecule has 1 amide bonds. The fraction of sp³-hybridized carbons (Fsp3) is 0.415. The van der Waals surface area contributed by atoms with Crippen molar-refractivity contribution in [3.63, 3.8) is 0 Å². The first kappa shape index (κ1) is 37.2. The van der Waals surface area contributed by atoms with Crippen LogP contribution in [0.1, 0.15) is 71.2 Å². The van der Waals surface area contributed by atoms with E-state index in [1.165, 1.54) is 0 Å². The Labute approximate surface area is 301 Å². The van der Waals surface area contributed by atoms with Gasteiger partial charge in [0.05, 0.1) is 6.61 Å². The molecule has 1 aliphatic rings. The van der Waals surface area contributed by atoms with Crippen LogP contribution >= 0.6 is 0 Å². The van der Waals surface area contributed by atoms with E-state index in [-0.39, 0.29) is 5.91 Å². The Bertz CT molecular complexity index is 1680. The largest absolute Gasteiger partial charge is 0.611 e. The van der Waals surface area contributed by atoms with E-state index in [1.54, 1.807) is 6.20 Å². The molecule has 1 atom stereocenters. The number of unbranched alkanes of at least 4 members (excludes halogenated alkanes) is 1. The molecule has 1 aliphatic heterocycles. The summed E-state index contributed by atoms with van der Waals surface area (Å²) in [4.78, 5) is 21.3. The second-order valence-electron chi connectivity index (χ2n) is 13.2. The second kappa shape index (κ2) is 18.8. The van der Waals surface area contributed by atoms with Crippen LogP contribution in [-0.4, -0.2) is 52.9 Å². The van der Waals surface area contributed by atoms with Gasteiger partial charge in [-0.3, -0.25) is 4.79 Å². The summed E-state index contributed by atoms with van der Waals surface area (Å²) in [5.41, 5.74) is 5.76. The number of anilines is 2. The van der Waals surface area contributed by atoms with Crippen LogP contribution < -0.4 is 15.0 Å². The number of benzene rings is 3. The third-order valence-corrected chi connectivity index (χ3v) is 10.00.